The zero-order valence-electron chi connectivity index (χ0n) is 10.5. The minimum absolute atomic E-state index is 0.157. The first-order chi connectivity index (χ1) is 7.00. The molecule has 0 aromatic rings. The summed E-state index contributed by atoms with van der Waals surface area (Å²) in [5, 5.41) is 0. The van der Waals surface area contributed by atoms with Gasteiger partial charge in [-0.05, 0) is 26.2 Å². The molecule has 2 atom stereocenters. The summed E-state index contributed by atoms with van der Waals surface area (Å²) >= 11 is 0. The fourth-order valence-corrected chi connectivity index (χ4v) is 1.92. The Labute approximate surface area is 93.4 Å². The van der Waals surface area contributed by atoms with Crippen LogP contribution in [-0.4, -0.2) is 19.1 Å². The number of ether oxygens (including phenoxy) is 1. The van der Waals surface area contributed by atoms with Crippen LogP contribution in [0.4, 0.5) is 0 Å². The van der Waals surface area contributed by atoms with Crippen molar-refractivity contribution in [1.29, 1.82) is 0 Å². The van der Waals surface area contributed by atoms with Crippen molar-refractivity contribution < 1.29 is 9.53 Å². The van der Waals surface area contributed by atoms with Crippen molar-refractivity contribution in [2.45, 2.75) is 47.0 Å². The first-order valence-electron chi connectivity index (χ1n) is 5.87. The third kappa shape index (κ3) is 4.65. The first-order valence-corrected chi connectivity index (χ1v) is 5.87. The van der Waals surface area contributed by atoms with Gasteiger partial charge in [0.05, 0.1) is 12.0 Å². The lowest BCUT2D eigenvalue weighted by molar-refractivity contribution is -0.154. The highest BCUT2D eigenvalue weighted by atomic mass is 16.5. The Bertz CT molecular complexity index is 194. The molecule has 0 aliphatic heterocycles. The predicted octanol–water partition coefficient (Wildman–Crippen LogP) is 2.34. The van der Waals surface area contributed by atoms with Gasteiger partial charge in [0.15, 0.2) is 0 Å². The monoisotopic (exact) mass is 215 g/mol. The highest BCUT2D eigenvalue weighted by Gasteiger charge is 2.34. The molecule has 0 heterocycles. The SMILES string of the molecule is CCCC(C)CC(C)(CN)C(=O)OCC. The molecule has 0 saturated carbocycles. The maximum absolute atomic E-state index is 11.7. The fourth-order valence-electron chi connectivity index (χ4n) is 1.92. The quantitative estimate of drug-likeness (QED) is 0.663. The van der Waals surface area contributed by atoms with Crippen LogP contribution in [0, 0.1) is 11.3 Å². The van der Waals surface area contributed by atoms with Gasteiger partial charge in [-0.2, -0.15) is 0 Å². The van der Waals surface area contributed by atoms with E-state index in [-0.39, 0.29) is 5.97 Å². The molecule has 2 unspecified atom stereocenters. The Balaban J connectivity index is 4.35. The van der Waals surface area contributed by atoms with E-state index in [1.807, 2.05) is 13.8 Å². The molecule has 2 N–H and O–H groups in total. The molecular formula is C12H25NO2. The Morgan fingerprint density at radius 2 is 2.07 bits per heavy atom. The number of rotatable bonds is 7. The van der Waals surface area contributed by atoms with E-state index in [4.69, 9.17) is 10.5 Å². The van der Waals surface area contributed by atoms with Crippen LogP contribution in [0.1, 0.15) is 47.0 Å². The largest absolute Gasteiger partial charge is 0.466 e. The molecule has 0 aromatic heterocycles. The van der Waals surface area contributed by atoms with Crippen LogP contribution in [0.25, 0.3) is 0 Å². The zero-order chi connectivity index (χ0) is 11.9. The third-order valence-electron chi connectivity index (χ3n) is 2.80. The van der Waals surface area contributed by atoms with Gasteiger partial charge in [0.25, 0.3) is 0 Å². The number of hydrogen-bond acceptors (Lipinski definition) is 3. The summed E-state index contributed by atoms with van der Waals surface area (Å²) in [5.74, 6) is 0.364. The van der Waals surface area contributed by atoms with Crippen molar-refractivity contribution in [3.05, 3.63) is 0 Å². The fraction of sp³-hybridized carbons (Fsp3) is 0.917. The maximum atomic E-state index is 11.7. The average molecular weight is 215 g/mol. The van der Waals surface area contributed by atoms with Crippen LogP contribution in [0.2, 0.25) is 0 Å². The van der Waals surface area contributed by atoms with Crippen molar-refractivity contribution in [2.75, 3.05) is 13.2 Å². The molecule has 0 aliphatic rings. The van der Waals surface area contributed by atoms with E-state index in [9.17, 15) is 4.79 Å². The van der Waals surface area contributed by atoms with E-state index in [2.05, 4.69) is 13.8 Å². The first kappa shape index (κ1) is 14.4. The number of nitrogens with two attached hydrogens (primary N) is 1. The molecule has 0 bridgehead atoms. The number of esters is 1. The summed E-state index contributed by atoms with van der Waals surface area (Å²) in [6.45, 7) is 8.83. The summed E-state index contributed by atoms with van der Waals surface area (Å²) in [5.41, 5.74) is 5.17. The Morgan fingerprint density at radius 3 is 2.47 bits per heavy atom. The molecule has 0 saturated heterocycles. The summed E-state index contributed by atoms with van der Waals surface area (Å²) < 4.78 is 5.06. The molecule has 0 aliphatic carbocycles. The smallest absolute Gasteiger partial charge is 0.313 e. The zero-order valence-corrected chi connectivity index (χ0v) is 10.5. The molecular weight excluding hydrogens is 190 g/mol. The summed E-state index contributed by atoms with van der Waals surface area (Å²) in [4.78, 5) is 11.7. The van der Waals surface area contributed by atoms with E-state index >= 15 is 0 Å². The van der Waals surface area contributed by atoms with Crippen LogP contribution >= 0.6 is 0 Å². The minimum Gasteiger partial charge on any atom is -0.466 e. The van der Waals surface area contributed by atoms with Gasteiger partial charge in [0, 0.05) is 6.54 Å². The van der Waals surface area contributed by atoms with Gasteiger partial charge >= 0.3 is 5.97 Å². The third-order valence-corrected chi connectivity index (χ3v) is 2.80. The van der Waals surface area contributed by atoms with Gasteiger partial charge in [-0.25, -0.2) is 0 Å². The summed E-state index contributed by atoms with van der Waals surface area (Å²) in [6, 6.07) is 0. The average Bonchev–Trinajstić information content (AvgIpc) is 2.18. The van der Waals surface area contributed by atoms with Gasteiger partial charge in [-0.15, -0.1) is 0 Å². The van der Waals surface area contributed by atoms with Crippen molar-refractivity contribution in [3.63, 3.8) is 0 Å². The molecule has 90 valence electrons. The Kier molecular flexibility index (Phi) is 6.57. The van der Waals surface area contributed by atoms with Crippen LogP contribution in [0.5, 0.6) is 0 Å². The highest BCUT2D eigenvalue weighted by molar-refractivity contribution is 5.76. The van der Waals surface area contributed by atoms with Gasteiger partial charge in [-0.1, -0.05) is 26.7 Å². The standard InChI is InChI=1S/C12H25NO2/c1-5-7-10(3)8-12(4,9-13)11(14)15-6-2/h10H,5-9,13H2,1-4H3. The van der Waals surface area contributed by atoms with E-state index in [1.165, 1.54) is 0 Å². The van der Waals surface area contributed by atoms with E-state index in [0.717, 1.165) is 19.3 Å². The van der Waals surface area contributed by atoms with Crippen molar-refractivity contribution in [3.8, 4) is 0 Å². The maximum Gasteiger partial charge on any atom is 0.313 e. The summed E-state index contributed by atoms with van der Waals surface area (Å²) in [6.07, 6.45) is 3.09. The van der Waals surface area contributed by atoms with Gasteiger partial charge in [0.1, 0.15) is 0 Å². The lowest BCUT2D eigenvalue weighted by Crippen LogP contribution is -2.38. The second-order valence-electron chi connectivity index (χ2n) is 4.58. The molecule has 0 fully saturated rings. The molecule has 3 heteroatoms. The van der Waals surface area contributed by atoms with E-state index in [0.29, 0.717) is 19.1 Å². The molecule has 15 heavy (non-hydrogen) atoms. The number of carbonyl (C=O) groups is 1. The van der Waals surface area contributed by atoms with Gasteiger partial charge < -0.3 is 10.5 Å². The topological polar surface area (TPSA) is 52.3 Å². The lowest BCUT2D eigenvalue weighted by Gasteiger charge is -2.28. The van der Waals surface area contributed by atoms with Crippen LogP contribution in [0.3, 0.4) is 0 Å². The Hall–Kier alpha value is -0.570. The second-order valence-corrected chi connectivity index (χ2v) is 4.58. The molecule has 0 aromatic carbocycles. The van der Waals surface area contributed by atoms with Crippen molar-refractivity contribution in [1.82, 2.24) is 0 Å². The minimum atomic E-state index is -0.509. The van der Waals surface area contributed by atoms with Gasteiger partial charge in [-0.3, -0.25) is 4.79 Å². The van der Waals surface area contributed by atoms with E-state index in [1.54, 1.807) is 0 Å². The van der Waals surface area contributed by atoms with E-state index < -0.39 is 5.41 Å². The number of carbonyl (C=O) groups excluding carboxylic acids is 1. The molecule has 0 amide bonds. The van der Waals surface area contributed by atoms with Crippen molar-refractivity contribution >= 4 is 5.97 Å². The lowest BCUT2D eigenvalue weighted by atomic mass is 9.80. The van der Waals surface area contributed by atoms with Crippen LogP contribution in [0.15, 0.2) is 0 Å². The molecule has 0 radical (unpaired) electrons. The Morgan fingerprint density at radius 1 is 1.47 bits per heavy atom. The normalized spacial score (nSPS) is 16.9. The summed E-state index contributed by atoms with van der Waals surface area (Å²) in [7, 11) is 0. The predicted molar refractivity (Wildman–Crippen MR) is 62.5 cm³/mol. The molecule has 0 rings (SSSR count). The highest BCUT2D eigenvalue weighted by Crippen LogP contribution is 2.28. The van der Waals surface area contributed by atoms with Crippen LogP contribution < -0.4 is 5.73 Å². The van der Waals surface area contributed by atoms with Crippen LogP contribution in [-0.2, 0) is 9.53 Å². The van der Waals surface area contributed by atoms with Gasteiger partial charge in [0.2, 0.25) is 0 Å². The molecule has 3 nitrogen and oxygen atoms in total. The molecule has 0 spiro atoms. The number of hydrogen-bond donors (Lipinski definition) is 1. The second kappa shape index (κ2) is 6.83. The van der Waals surface area contributed by atoms with Crippen molar-refractivity contribution in [2.24, 2.45) is 17.1 Å².